The molecular formula is C18H16Cl2N2O2. The Kier molecular flexibility index (Phi) is 5.07. The van der Waals surface area contributed by atoms with E-state index in [-0.39, 0.29) is 5.91 Å². The number of nitrogens with zero attached hydrogens (tertiary/aromatic N) is 1. The summed E-state index contributed by atoms with van der Waals surface area (Å²) < 4.78 is 5.75. The summed E-state index contributed by atoms with van der Waals surface area (Å²) in [6.07, 6.45) is 2.37. The molecule has 0 saturated heterocycles. The number of carbonyl (C=O) groups excluding carboxylic acids is 1. The van der Waals surface area contributed by atoms with Crippen LogP contribution in [0.2, 0.25) is 10.0 Å². The first-order chi connectivity index (χ1) is 11.6. The molecule has 6 heteroatoms. The number of fused-ring (bicyclic) bond motifs is 1. The summed E-state index contributed by atoms with van der Waals surface area (Å²) in [5.74, 6) is 0.393. The predicted molar refractivity (Wildman–Crippen MR) is 97.6 cm³/mol. The number of anilines is 1. The minimum atomic E-state index is -0.00203. The summed E-state index contributed by atoms with van der Waals surface area (Å²) in [7, 11) is 0. The van der Waals surface area contributed by atoms with Gasteiger partial charge in [-0.25, -0.2) is 4.98 Å². The number of oxazole rings is 1. The second-order valence-corrected chi connectivity index (χ2v) is 6.32. The van der Waals surface area contributed by atoms with Crippen molar-refractivity contribution in [2.75, 3.05) is 5.32 Å². The maximum absolute atomic E-state index is 11.8. The summed E-state index contributed by atoms with van der Waals surface area (Å²) in [4.78, 5) is 16.3. The Balaban J connectivity index is 1.89. The third kappa shape index (κ3) is 3.71. The fourth-order valence-electron chi connectivity index (χ4n) is 2.34. The van der Waals surface area contributed by atoms with Gasteiger partial charge in [-0.05, 0) is 42.8 Å². The minimum absolute atomic E-state index is 0.00203. The van der Waals surface area contributed by atoms with Crippen LogP contribution in [0.15, 0.2) is 40.8 Å². The van der Waals surface area contributed by atoms with Crippen molar-refractivity contribution < 1.29 is 9.21 Å². The summed E-state index contributed by atoms with van der Waals surface area (Å²) >= 11 is 12.2. The zero-order valence-electron chi connectivity index (χ0n) is 13.1. The van der Waals surface area contributed by atoms with Crippen molar-refractivity contribution in [3.05, 3.63) is 46.4 Å². The van der Waals surface area contributed by atoms with Crippen LogP contribution in [0.5, 0.6) is 0 Å². The molecular weight excluding hydrogens is 347 g/mol. The normalized spacial score (nSPS) is 11.0. The second-order valence-electron chi connectivity index (χ2n) is 5.48. The van der Waals surface area contributed by atoms with Crippen LogP contribution in [0.1, 0.15) is 26.2 Å². The molecule has 3 aromatic rings. The van der Waals surface area contributed by atoms with E-state index in [1.54, 1.807) is 36.4 Å². The number of hydrogen-bond acceptors (Lipinski definition) is 3. The SMILES string of the molecule is CCCCC(=O)Nc1ccc2oc(-c3cc(Cl)ccc3Cl)nc2c1. The molecule has 1 amide bonds. The van der Waals surface area contributed by atoms with Gasteiger partial charge in [0, 0.05) is 17.1 Å². The highest BCUT2D eigenvalue weighted by Gasteiger charge is 2.13. The maximum Gasteiger partial charge on any atom is 0.228 e. The molecule has 3 rings (SSSR count). The third-order valence-corrected chi connectivity index (χ3v) is 4.15. The molecule has 0 bridgehead atoms. The molecule has 0 aliphatic heterocycles. The first-order valence-electron chi connectivity index (χ1n) is 7.72. The fraction of sp³-hybridized carbons (Fsp3) is 0.222. The average Bonchev–Trinajstić information content (AvgIpc) is 2.98. The topological polar surface area (TPSA) is 55.1 Å². The molecule has 0 aliphatic carbocycles. The number of hydrogen-bond donors (Lipinski definition) is 1. The molecule has 1 N–H and O–H groups in total. The van der Waals surface area contributed by atoms with Gasteiger partial charge in [-0.2, -0.15) is 0 Å². The highest BCUT2D eigenvalue weighted by molar-refractivity contribution is 6.35. The minimum Gasteiger partial charge on any atom is -0.436 e. The Morgan fingerprint density at radius 1 is 1.21 bits per heavy atom. The smallest absolute Gasteiger partial charge is 0.228 e. The van der Waals surface area contributed by atoms with E-state index in [0.29, 0.717) is 44.7 Å². The largest absolute Gasteiger partial charge is 0.436 e. The van der Waals surface area contributed by atoms with Gasteiger partial charge in [-0.3, -0.25) is 4.79 Å². The average molecular weight is 363 g/mol. The van der Waals surface area contributed by atoms with E-state index in [4.69, 9.17) is 27.6 Å². The van der Waals surface area contributed by atoms with E-state index in [2.05, 4.69) is 17.2 Å². The number of carbonyl (C=O) groups is 1. The summed E-state index contributed by atoms with van der Waals surface area (Å²) in [5, 5.41) is 3.94. The molecule has 124 valence electrons. The molecule has 0 aliphatic rings. The Morgan fingerprint density at radius 3 is 2.83 bits per heavy atom. The zero-order valence-corrected chi connectivity index (χ0v) is 14.6. The molecule has 1 heterocycles. The third-order valence-electron chi connectivity index (χ3n) is 3.59. The van der Waals surface area contributed by atoms with Crippen LogP contribution in [0, 0.1) is 0 Å². The van der Waals surface area contributed by atoms with Crippen LogP contribution in [0.4, 0.5) is 5.69 Å². The Bertz CT molecular complexity index is 890. The van der Waals surface area contributed by atoms with E-state index in [1.807, 2.05) is 0 Å². The summed E-state index contributed by atoms with van der Waals surface area (Å²) in [5.41, 5.74) is 2.59. The number of amides is 1. The van der Waals surface area contributed by atoms with Crippen LogP contribution in [0.25, 0.3) is 22.6 Å². The molecule has 2 aromatic carbocycles. The standard InChI is InChI=1S/C18H16Cl2N2O2/c1-2-3-4-17(23)21-12-6-8-16-15(10-12)22-18(24-16)13-9-11(19)5-7-14(13)20/h5-10H,2-4H2,1H3,(H,21,23). The van der Waals surface area contributed by atoms with E-state index in [0.717, 1.165) is 12.8 Å². The quantitative estimate of drug-likeness (QED) is 0.611. The van der Waals surface area contributed by atoms with Gasteiger partial charge < -0.3 is 9.73 Å². The lowest BCUT2D eigenvalue weighted by atomic mass is 10.2. The molecule has 0 fully saturated rings. The lowest BCUT2D eigenvalue weighted by molar-refractivity contribution is -0.116. The van der Waals surface area contributed by atoms with Crippen molar-refractivity contribution in [1.29, 1.82) is 0 Å². The van der Waals surface area contributed by atoms with Gasteiger partial charge in [0.1, 0.15) is 5.52 Å². The van der Waals surface area contributed by atoms with Gasteiger partial charge in [-0.1, -0.05) is 36.5 Å². The van der Waals surface area contributed by atoms with Gasteiger partial charge in [0.25, 0.3) is 0 Å². The maximum atomic E-state index is 11.8. The van der Waals surface area contributed by atoms with Gasteiger partial charge in [0.2, 0.25) is 11.8 Å². The molecule has 0 spiro atoms. The molecule has 0 radical (unpaired) electrons. The van der Waals surface area contributed by atoms with Crippen molar-refractivity contribution in [1.82, 2.24) is 4.98 Å². The lowest BCUT2D eigenvalue weighted by Gasteiger charge is -2.03. The number of halogens is 2. The molecule has 0 saturated carbocycles. The van der Waals surface area contributed by atoms with E-state index in [9.17, 15) is 4.79 Å². The van der Waals surface area contributed by atoms with Gasteiger partial charge in [0.15, 0.2) is 5.58 Å². The highest BCUT2D eigenvalue weighted by Crippen LogP contribution is 2.32. The van der Waals surface area contributed by atoms with Crippen molar-refractivity contribution in [2.24, 2.45) is 0 Å². The molecule has 0 atom stereocenters. The number of aromatic nitrogens is 1. The van der Waals surface area contributed by atoms with Gasteiger partial charge >= 0.3 is 0 Å². The second kappa shape index (κ2) is 7.24. The molecule has 0 unspecified atom stereocenters. The fourth-order valence-corrected chi connectivity index (χ4v) is 2.71. The van der Waals surface area contributed by atoms with E-state index < -0.39 is 0 Å². The highest BCUT2D eigenvalue weighted by atomic mass is 35.5. The number of nitrogens with one attached hydrogen (secondary N) is 1. The Hall–Kier alpha value is -2.04. The number of benzene rings is 2. The number of rotatable bonds is 5. The monoisotopic (exact) mass is 362 g/mol. The van der Waals surface area contributed by atoms with Crippen LogP contribution >= 0.6 is 23.2 Å². The summed E-state index contributed by atoms with van der Waals surface area (Å²) in [6, 6.07) is 10.5. The van der Waals surface area contributed by atoms with E-state index in [1.165, 1.54) is 0 Å². The van der Waals surface area contributed by atoms with Gasteiger partial charge in [-0.15, -0.1) is 0 Å². The van der Waals surface area contributed by atoms with Crippen molar-refractivity contribution in [3.8, 4) is 11.5 Å². The number of unbranched alkanes of at least 4 members (excludes halogenated alkanes) is 1. The van der Waals surface area contributed by atoms with Crippen molar-refractivity contribution in [2.45, 2.75) is 26.2 Å². The lowest BCUT2D eigenvalue weighted by Crippen LogP contribution is -2.10. The van der Waals surface area contributed by atoms with Crippen molar-refractivity contribution >= 4 is 45.9 Å². The molecule has 1 aromatic heterocycles. The van der Waals surface area contributed by atoms with Crippen LogP contribution in [0.3, 0.4) is 0 Å². The van der Waals surface area contributed by atoms with Crippen LogP contribution in [-0.2, 0) is 4.79 Å². The molecule has 24 heavy (non-hydrogen) atoms. The van der Waals surface area contributed by atoms with Crippen LogP contribution in [-0.4, -0.2) is 10.9 Å². The van der Waals surface area contributed by atoms with E-state index >= 15 is 0 Å². The predicted octanol–water partition coefficient (Wildman–Crippen LogP) is 5.93. The Morgan fingerprint density at radius 2 is 2.04 bits per heavy atom. The first kappa shape index (κ1) is 16.8. The molecule has 4 nitrogen and oxygen atoms in total. The van der Waals surface area contributed by atoms with Crippen LogP contribution < -0.4 is 5.32 Å². The van der Waals surface area contributed by atoms with Gasteiger partial charge in [0.05, 0.1) is 10.6 Å². The van der Waals surface area contributed by atoms with Crippen molar-refractivity contribution in [3.63, 3.8) is 0 Å². The zero-order chi connectivity index (χ0) is 17.1. The summed E-state index contributed by atoms with van der Waals surface area (Å²) in [6.45, 7) is 2.05. The Labute approximate surface area is 149 Å². The first-order valence-corrected chi connectivity index (χ1v) is 8.48.